The van der Waals surface area contributed by atoms with Crippen molar-refractivity contribution in [1.29, 1.82) is 0 Å². The van der Waals surface area contributed by atoms with E-state index in [0.717, 1.165) is 12.8 Å². The Balaban J connectivity index is 2.19. The smallest absolute Gasteiger partial charge is 0.307 e. The zero-order valence-electron chi connectivity index (χ0n) is 9.32. The first-order valence-corrected chi connectivity index (χ1v) is 5.70. The molecule has 0 radical (unpaired) electrons. The molecule has 0 spiro atoms. The van der Waals surface area contributed by atoms with Crippen LogP contribution in [0.15, 0.2) is 12.3 Å². The lowest BCUT2D eigenvalue weighted by Gasteiger charge is -2.25. The fourth-order valence-corrected chi connectivity index (χ4v) is 2.05. The summed E-state index contributed by atoms with van der Waals surface area (Å²) < 4.78 is 4.65. The van der Waals surface area contributed by atoms with Crippen molar-refractivity contribution in [1.82, 2.24) is 0 Å². The van der Waals surface area contributed by atoms with Crippen LogP contribution in [-0.2, 0) is 9.53 Å². The van der Waals surface area contributed by atoms with Gasteiger partial charge >= 0.3 is 5.97 Å². The minimum absolute atomic E-state index is 0.280. The Morgan fingerprint density at radius 3 is 2.73 bits per heavy atom. The van der Waals surface area contributed by atoms with Gasteiger partial charge in [0.15, 0.2) is 0 Å². The molecule has 0 saturated heterocycles. The van der Waals surface area contributed by atoms with Crippen LogP contribution >= 0.6 is 0 Å². The topological polar surface area (TPSA) is 46.5 Å². The Labute approximate surface area is 91.1 Å². The van der Waals surface area contributed by atoms with Crippen molar-refractivity contribution in [3.05, 3.63) is 12.3 Å². The summed E-state index contributed by atoms with van der Waals surface area (Å²) in [5, 5.41) is 9.85. The molecule has 0 amide bonds. The van der Waals surface area contributed by atoms with Gasteiger partial charge in [-0.15, -0.1) is 0 Å². The highest BCUT2D eigenvalue weighted by molar-refractivity contribution is 5.66. The number of rotatable bonds is 4. The van der Waals surface area contributed by atoms with Crippen LogP contribution in [0.25, 0.3) is 0 Å². The zero-order chi connectivity index (χ0) is 11.1. The number of ether oxygens (including phenoxy) is 1. The molecule has 1 fully saturated rings. The lowest BCUT2D eigenvalue weighted by atomic mass is 9.84. The molecule has 1 unspecified atom stereocenters. The Hall–Kier alpha value is -0.830. The van der Waals surface area contributed by atoms with Crippen LogP contribution in [0, 0.1) is 5.92 Å². The molecule has 0 heterocycles. The van der Waals surface area contributed by atoms with E-state index in [1.165, 1.54) is 32.4 Å². The SMILES string of the molecule is CC(=O)O/C=C\CC(O)C1CCCCC1. The molecular formula is C12H20O3. The molecule has 1 aliphatic carbocycles. The van der Waals surface area contributed by atoms with Crippen LogP contribution < -0.4 is 0 Å². The summed E-state index contributed by atoms with van der Waals surface area (Å²) in [7, 11) is 0. The van der Waals surface area contributed by atoms with Gasteiger partial charge < -0.3 is 9.84 Å². The molecule has 1 atom stereocenters. The second kappa shape index (κ2) is 6.62. The van der Waals surface area contributed by atoms with Gasteiger partial charge in [-0.05, 0) is 31.3 Å². The van der Waals surface area contributed by atoms with Gasteiger partial charge in [-0.2, -0.15) is 0 Å². The molecule has 1 rings (SSSR count). The monoisotopic (exact) mass is 212 g/mol. The van der Waals surface area contributed by atoms with Crippen LogP contribution in [0.1, 0.15) is 45.4 Å². The third kappa shape index (κ3) is 4.98. The van der Waals surface area contributed by atoms with Crippen LogP contribution in [0.5, 0.6) is 0 Å². The van der Waals surface area contributed by atoms with E-state index in [1.807, 2.05) is 0 Å². The molecule has 1 aliphatic rings. The maximum atomic E-state index is 10.5. The van der Waals surface area contributed by atoms with E-state index in [0.29, 0.717) is 12.3 Å². The molecule has 0 aromatic carbocycles. The summed E-state index contributed by atoms with van der Waals surface area (Å²) in [5.74, 6) is 0.110. The zero-order valence-corrected chi connectivity index (χ0v) is 9.32. The van der Waals surface area contributed by atoms with E-state index in [1.54, 1.807) is 6.08 Å². The Morgan fingerprint density at radius 1 is 1.47 bits per heavy atom. The van der Waals surface area contributed by atoms with Crippen molar-refractivity contribution in [2.24, 2.45) is 5.92 Å². The highest BCUT2D eigenvalue weighted by Crippen LogP contribution is 2.27. The van der Waals surface area contributed by atoms with Crippen molar-refractivity contribution in [3.63, 3.8) is 0 Å². The standard InChI is InChI=1S/C12H20O3/c1-10(13)15-9-5-8-12(14)11-6-3-2-4-7-11/h5,9,11-12,14H,2-4,6-8H2,1H3/b9-5-. The third-order valence-electron chi connectivity index (χ3n) is 2.90. The van der Waals surface area contributed by atoms with E-state index >= 15 is 0 Å². The maximum absolute atomic E-state index is 10.5. The molecule has 15 heavy (non-hydrogen) atoms. The van der Waals surface area contributed by atoms with Crippen LogP contribution in [0.2, 0.25) is 0 Å². The summed E-state index contributed by atoms with van der Waals surface area (Å²) in [6.07, 6.45) is 9.41. The van der Waals surface area contributed by atoms with Gasteiger partial charge in [0.2, 0.25) is 0 Å². The summed E-state index contributed by atoms with van der Waals surface area (Å²) in [6.45, 7) is 1.36. The molecule has 1 saturated carbocycles. The molecule has 86 valence electrons. The fourth-order valence-electron chi connectivity index (χ4n) is 2.05. The number of hydrogen-bond acceptors (Lipinski definition) is 3. The highest BCUT2D eigenvalue weighted by Gasteiger charge is 2.20. The van der Waals surface area contributed by atoms with Crippen molar-refractivity contribution < 1.29 is 14.6 Å². The number of aliphatic hydroxyl groups is 1. The van der Waals surface area contributed by atoms with Crippen LogP contribution in [0.4, 0.5) is 0 Å². The molecular weight excluding hydrogens is 192 g/mol. The van der Waals surface area contributed by atoms with Crippen molar-refractivity contribution >= 4 is 5.97 Å². The van der Waals surface area contributed by atoms with Crippen molar-refractivity contribution in [2.45, 2.75) is 51.6 Å². The van der Waals surface area contributed by atoms with Gasteiger partial charge in [0.1, 0.15) is 0 Å². The largest absolute Gasteiger partial charge is 0.435 e. The molecule has 0 aromatic rings. The quantitative estimate of drug-likeness (QED) is 0.575. The number of carbonyl (C=O) groups excluding carboxylic acids is 1. The summed E-state index contributed by atoms with van der Waals surface area (Å²) in [6, 6.07) is 0. The molecule has 3 nitrogen and oxygen atoms in total. The molecule has 0 bridgehead atoms. The third-order valence-corrected chi connectivity index (χ3v) is 2.90. The molecule has 3 heteroatoms. The normalized spacial score (nSPS) is 20.4. The van der Waals surface area contributed by atoms with Gasteiger partial charge in [0.05, 0.1) is 12.4 Å². The molecule has 0 aliphatic heterocycles. The maximum Gasteiger partial charge on any atom is 0.307 e. The number of hydrogen-bond donors (Lipinski definition) is 1. The summed E-state index contributed by atoms with van der Waals surface area (Å²) in [5.41, 5.74) is 0. The average Bonchev–Trinajstić information content (AvgIpc) is 2.25. The number of esters is 1. The van der Waals surface area contributed by atoms with E-state index in [9.17, 15) is 9.90 Å². The highest BCUT2D eigenvalue weighted by atomic mass is 16.5. The predicted octanol–water partition coefficient (Wildman–Crippen LogP) is 2.39. The summed E-state index contributed by atoms with van der Waals surface area (Å²) in [4.78, 5) is 10.5. The fraction of sp³-hybridized carbons (Fsp3) is 0.750. The van der Waals surface area contributed by atoms with Gasteiger partial charge in [-0.1, -0.05) is 19.3 Å². The minimum atomic E-state index is -0.321. The van der Waals surface area contributed by atoms with Gasteiger partial charge in [0.25, 0.3) is 0 Å². The van der Waals surface area contributed by atoms with Gasteiger partial charge in [-0.3, -0.25) is 4.79 Å². The lowest BCUT2D eigenvalue weighted by molar-refractivity contribution is -0.135. The Kier molecular flexibility index (Phi) is 5.40. The first kappa shape index (κ1) is 12.2. The second-order valence-corrected chi connectivity index (χ2v) is 4.18. The van der Waals surface area contributed by atoms with E-state index in [4.69, 9.17) is 0 Å². The number of aliphatic hydroxyl groups excluding tert-OH is 1. The minimum Gasteiger partial charge on any atom is -0.435 e. The molecule has 0 aromatic heterocycles. The Bertz CT molecular complexity index is 217. The predicted molar refractivity (Wildman–Crippen MR) is 58.1 cm³/mol. The lowest BCUT2D eigenvalue weighted by Crippen LogP contribution is -2.22. The number of carbonyl (C=O) groups is 1. The van der Waals surface area contributed by atoms with Crippen molar-refractivity contribution in [3.8, 4) is 0 Å². The summed E-state index contributed by atoms with van der Waals surface area (Å²) >= 11 is 0. The van der Waals surface area contributed by atoms with Gasteiger partial charge in [0, 0.05) is 6.92 Å². The van der Waals surface area contributed by atoms with E-state index in [2.05, 4.69) is 4.74 Å². The van der Waals surface area contributed by atoms with Crippen LogP contribution in [-0.4, -0.2) is 17.2 Å². The average molecular weight is 212 g/mol. The molecule has 1 N–H and O–H groups in total. The van der Waals surface area contributed by atoms with E-state index < -0.39 is 0 Å². The first-order valence-electron chi connectivity index (χ1n) is 5.70. The van der Waals surface area contributed by atoms with E-state index in [-0.39, 0.29) is 12.1 Å². The van der Waals surface area contributed by atoms with Crippen molar-refractivity contribution in [2.75, 3.05) is 0 Å². The Morgan fingerprint density at radius 2 is 2.13 bits per heavy atom. The second-order valence-electron chi connectivity index (χ2n) is 4.18. The first-order chi connectivity index (χ1) is 7.20. The van der Waals surface area contributed by atoms with Gasteiger partial charge in [-0.25, -0.2) is 0 Å². The van der Waals surface area contributed by atoms with Crippen LogP contribution in [0.3, 0.4) is 0 Å².